The van der Waals surface area contributed by atoms with Gasteiger partial charge in [0.1, 0.15) is 12.1 Å². The van der Waals surface area contributed by atoms with Crippen molar-refractivity contribution in [3.8, 4) is 33.6 Å². The number of methoxy groups -OCH3 is 2. The fraction of sp³-hybridized carbons (Fsp3) is 0.489. The maximum atomic E-state index is 14.0. The minimum atomic E-state index is -0.652. The summed E-state index contributed by atoms with van der Waals surface area (Å²) in [5.41, 5.74) is 11.3. The Bertz CT molecular complexity index is 2170. The largest absolute Gasteiger partial charge is 0.453 e. The van der Waals surface area contributed by atoms with Crippen LogP contribution in [0, 0.1) is 11.8 Å². The summed E-state index contributed by atoms with van der Waals surface area (Å²) in [6.45, 7) is 6.33. The third-order valence-electron chi connectivity index (χ3n) is 13.1. The maximum absolute atomic E-state index is 14.0. The molecule has 4 unspecified atom stereocenters. The molecule has 2 aromatic carbocycles. The molecule has 2 aromatic heterocycles. The molecule has 4 aliphatic rings. The lowest BCUT2D eigenvalue weighted by Gasteiger charge is -2.34. The van der Waals surface area contributed by atoms with E-state index in [1.807, 2.05) is 23.6 Å². The van der Waals surface area contributed by atoms with Crippen LogP contribution in [-0.2, 0) is 36.6 Å². The van der Waals surface area contributed by atoms with Crippen molar-refractivity contribution in [2.24, 2.45) is 11.8 Å². The normalized spacial score (nSPS) is 20.2. The van der Waals surface area contributed by atoms with E-state index in [0.717, 1.165) is 90.0 Å². The molecule has 13 nitrogen and oxygen atoms in total. The Morgan fingerprint density at radius 3 is 1.90 bits per heavy atom. The van der Waals surface area contributed by atoms with E-state index in [9.17, 15) is 19.2 Å². The molecule has 4 atom stereocenters. The van der Waals surface area contributed by atoms with Crippen molar-refractivity contribution in [2.45, 2.75) is 95.8 Å². The van der Waals surface area contributed by atoms with Crippen LogP contribution < -0.4 is 10.6 Å². The van der Waals surface area contributed by atoms with Gasteiger partial charge in [-0.05, 0) is 115 Å². The molecule has 0 radical (unpaired) electrons. The molecule has 1 aliphatic carbocycles. The van der Waals surface area contributed by atoms with Crippen LogP contribution >= 0.6 is 0 Å². The van der Waals surface area contributed by atoms with Gasteiger partial charge in [0, 0.05) is 49.1 Å². The third kappa shape index (κ3) is 8.28. The molecule has 0 spiro atoms. The number of likely N-dealkylation sites (tertiary alicyclic amines) is 2. The van der Waals surface area contributed by atoms with Gasteiger partial charge in [0.05, 0.1) is 26.3 Å². The van der Waals surface area contributed by atoms with E-state index in [1.54, 1.807) is 0 Å². The van der Waals surface area contributed by atoms with Gasteiger partial charge >= 0.3 is 12.2 Å². The fourth-order valence-corrected chi connectivity index (χ4v) is 9.94. The lowest BCUT2D eigenvalue weighted by Crippen LogP contribution is -2.53. The topological polar surface area (TPSA) is 158 Å². The molecule has 4 N–H and O–H groups in total. The summed E-state index contributed by atoms with van der Waals surface area (Å²) in [6, 6.07) is 19.9. The number of benzene rings is 2. The highest BCUT2D eigenvalue weighted by atomic mass is 16.5. The first-order valence-corrected chi connectivity index (χ1v) is 21.7. The van der Waals surface area contributed by atoms with E-state index in [0.29, 0.717) is 39.1 Å². The van der Waals surface area contributed by atoms with Crippen molar-refractivity contribution in [1.29, 1.82) is 0 Å². The van der Waals surface area contributed by atoms with Gasteiger partial charge in [-0.25, -0.2) is 9.59 Å². The Hall–Kier alpha value is -5.56. The van der Waals surface area contributed by atoms with Crippen molar-refractivity contribution in [2.75, 3.05) is 40.5 Å². The number of carbonyl (C=O) groups is 4. The van der Waals surface area contributed by atoms with Crippen molar-refractivity contribution < 1.29 is 33.4 Å². The standard InChI is InChI=1S/C47H58N6O7/c1-28(2)40(50-46(56)58-3)44(54)53-25-7-11-39(53)43-35-9-5-8-34(35)41(49-43)32-18-14-30(15-19-32)29-12-16-31(17-13-29)36-20-21-37(48-36)38-10-6-24-52(38)45(55)42(51-47(57)59-4)33-22-26-60-27-23-33/h12-21,28,33,38-40,42,48-49H,5-11,22-27H2,1-4H3,(H,50,56)(H,51,57). The van der Waals surface area contributed by atoms with Gasteiger partial charge in [0.15, 0.2) is 0 Å². The summed E-state index contributed by atoms with van der Waals surface area (Å²) in [7, 11) is 2.64. The highest BCUT2D eigenvalue weighted by Crippen LogP contribution is 2.43. The number of fused-ring (bicyclic) bond motifs is 1. The second-order valence-corrected chi connectivity index (χ2v) is 17.0. The molecule has 318 valence electrons. The molecule has 3 fully saturated rings. The van der Waals surface area contributed by atoms with Gasteiger partial charge in [0.2, 0.25) is 11.8 Å². The molecular weight excluding hydrogens is 761 g/mol. The van der Waals surface area contributed by atoms with E-state index in [4.69, 9.17) is 14.2 Å². The van der Waals surface area contributed by atoms with Crippen molar-refractivity contribution in [1.82, 2.24) is 30.4 Å². The first-order valence-electron chi connectivity index (χ1n) is 21.7. The smallest absolute Gasteiger partial charge is 0.407 e. The predicted octanol–water partition coefficient (Wildman–Crippen LogP) is 7.69. The molecule has 4 amide bonds. The lowest BCUT2D eigenvalue weighted by atomic mass is 9.90. The lowest BCUT2D eigenvalue weighted by molar-refractivity contribution is -0.137. The van der Waals surface area contributed by atoms with Gasteiger partial charge in [-0.2, -0.15) is 0 Å². The molecule has 3 saturated heterocycles. The quantitative estimate of drug-likeness (QED) is 0.121. The minimum Gasteiger partial charge on any atom is -0.453 e. The van der Waals surface area contributed by atoms with Crippen LogP contribution in [0.3, 0.4) is 0 Å². The van der Waals surface area contributed by atoms with Crippen molar-refractivity contribution in [3.05, 3.63) is 83.2 Å². The fourth-order valence-electron chi connectivity index (χ4n) is 9.94. The number of hydrogen-bond acceptors (Lipinski definition) is 7. The van der Waals surface area contributed by atoms with Crippen LogP contribution in [0.15, 0.2) is 60.7 Å². The predicted molar refractivity (Wildman–Crippen MR) is 228 cm³/mol. The van der Waals surface area contributed by atoms with Crippen molar-refractivity contribution in [3.63, 3.8) is 0 Å². The Morgan fingerprint density at radius 2 is 1.25 bits per heavy atom. The monoisotopic (exact) mass is 818 g/mol. The first-order chi connectivity index (χ1) is 29.1. The molecule has 5 heterocycles. The number of carbonyl (C=O) groups excluding carboxylic acids is 4. The number of aromatic nitrogens is 2. The number of aromatic amines is 2. The van der Waals surface area contributed by atoms with Gasteiger partial charge in [-0.15, -0.1) is 0 Å². The second-order valence-electron chi connectivity index (χ2n) is 17.0. The minimum absolute atomic E-state index is 0.00275. The number of ether oxygens (including phenoxy) is 3. The molecule has 0 bridgehead atoms. The summed E-state index contributed by atoms with van der Waals surface area (Å²) in [6.07, 6.45) is 6.85. The third-order valence-corrected chi connectivity index (χ3v) is 13.1. The van der Waals surface area contributed by atoms with Crippen LogP contribution in [0.1, 0.15) is 93.4 Å². The second kappa shape index (κ2) is 18.0. The van der Waals surface area contributed by atoms with Gasteiger partial charge in [0.25, 0.3) is 0 Å². The van der Waals surface area contributed by atoms with Gasteiger partial charge in [-0.3, -0.25) is 9.59 Å². The average Bonchev–Trinajstić information content (AvgIpc) is 4.13. The Balaban J connectivity index is 0.957. The highest BCUT2D eigenvalue weighted by Gasteiger charge is 2.41. The number of alkyl carbamates (subject to hydrolysis) is 2. The van der Waals surface area contributed by atoms with E-state index >= 15 is 0 Å². The number of H-pyrrole nitrogens is 2. The van der Waals surface area contributed by atoms with Crippen LogP contribution in [0.25, 0.3) is 33.6 Å². The number of rotatable bonds is 11. The van der Waals surface area contributed by atoms with E-state index in [1.165, 1.54) is 25.3 Å². The zero-order chi connectivity index (χ0) is 41.9. The summed E-state index contributed by atoms with van der Waals surface area (Å²) in [4.78, 5) is 63.6. The average molecular weight is 819 g/mol. The summed E-state index contributed by atoms with van der Waals surface area (Å²) < 4.78 is 15.3. The van der Waals surface area contributed by atoms with E-state index in [-0.39, 0.29) is 35.7 Å². The molecule has 60 heavy (non-hydrogen) atoms. The van der Waals surface area contributed by atoms with E-state index in [2.05, 4.69) is 81.3 Å². The maximum Gasteiger partial charge on any atom is 0.407 e. The molecule has 13 heteroatoms. The zero-order valence-corrected chi connectivity index (χ0v) is 35.2. The molecule has 4 aromatic rings. The molecule has 8 rings (SSSR count). The highest BCUT2D eigenvalue weighted by molar-refractivity contribution is 5.87. The Kier molecular flexibility index (Phi) is 12.3. The molecular formula is C47H58N6O7. The van der Waals surface area contributed by atoms with Crippen LogP contribution in [0.5, 0.6) is 0 Å². The summed E-state index contributed by atoms with van der Waals surface area (Å²) in [5, 5.41) is 5.61. The van der Waals surface area contributed by atoms with Crippen LogP contribution in [0.2, 0.25) is 0 Å². The number of amides is 4. The molecule has 3 aliphatic heterocycles. The number of hydrogen-bond donors (Lipinski definition) is 4. The first kappa shape index (κ1) is 41.2. The zero-order valence-electron chi connectivity index (χ0n) is 35.2. The van der Waals surface area contributed by atoms with Crippen LogP contribution in [0.4, 0.5) is 9.59 Å². The Morgan fingerprint density at radius 1 is 0.667 bits per heavy atom. The van der Waals surface area contributed by atoms with E-state index < -0.39 is 24.3 Å². The summed E-state index contributed by atoms with van der Waals surface area (Å²) in [5.74, 6) is -0.213. The summed E-state index contributed by atoms with van der Waals surface area (Å²) >= 11 is 0. The molecule has 0 saturated carbocycles. The number of nitrogens with one attached hydrogen (secondary N) is 4. The van der Waals surface area contributed by atoms with Gasteiger partial charge < -0.3 is 44.6 Å². The van der Waals surface area contributed by atoms with Gasteiger partial charge in [-0.1, -0.05) is 62.4 Å². The number of nitrogens with zero attached hydrogens (tertiary/aromatic N) is 2. The SMILES string of the molecule is COC(=O)NC(C(=O)N1CCCC1c1[nH]c(-c2ccc(-c3ccc(-c4ccc(C5CCCN5C(=O)C(NC(=O)OC)C5CCOCC5)[nH]4)cc3)cc2)c2c1CCC2)C(C)C. The Labute approximate surface area is 351 Å². The van der Waals surface area contributed by atoms with Crippen molar-refractivity contribution >= 4 is 24.0 Å². The van der Waals surface area contributed by atoms with Crippen LogP contribution in [-0.4, -0.2) is 96.4 Å².